The first-order valence-corrected chi connectivity index (χ1v) is 14.0. The minimum absolute atomic E-state index is 0.0265. The van der Waals surface area contributed by atoms with Gasteiger partial charge in [0.05, 0.1) is 10.7 Å². The molecule has 0 bridgehead atoms. The average Bonchev–Trinajstić information content (AvgIpc) is 2.91. The predicted octanol–water partition coefficient (Wildman–Crippen LogP) is 6.04. The number of nitrogens with zero attached hydrogens (tertiary/aromatic N) is 2. The van der Waals surface area contributed by atoms with Gasteiger partial charge in [-0.1, -0.05) is 73.1 Å². The molecule has 38 heavy (non-hydrogen) atoms. The Hall–Kier alpha value is -3.36. The van der Waals surface area contributed by atoms with Gasteiger partial charge < -0.3 is 10.2 Å². The van der Waals surface area contributed by atoms with E-state index < -0.39 is 11.0 Å². The zero-order chi connectivity index (χ0) is 27.5. The van der Waals surface area contributed by atoms with Crippen LogP contribution in [0.1, 0.15) is 37.0 Å². The molecule has 0 radical (unpaired) electrons. The monoisotopic (exact) mass is 553 g/mol. The zero-order valence-corrected chi connectivity index (χ0v) is 23.1. The summed E-state index contributed by atoms with van der Waals surface area (Å²) in [5, 5.41) is 14.5. The smallest absolute Gasteiger partial charge is 0.269 e. The molecule has 0 saturated carbocycles. The number of nitrogens with one attached hydrogen (secondary N) is 1. The lowest BCUT2D eigenvalue weighted by atomic mass is 10.0. The van der Waals surface area contributed by atoms with Crippen LogP contribution in [0.15, 0.2) is 78.9 Å². The van der Waals surface area contributed by atoms with E-state index in [0.29, 0.717) is 17.2 Å². The molecule has 3 aromatic rings. The van der Waals surface area contributed by atoms with E-state index in [1.54, 1.807) is 29.2 Å². The summed E-state index contributed by atoms with van der Waals surface area (Å²) >= 11 is 7.63. The first-order chi connectivity index (χ1) is 18.3. The van der Waals surface area contributed by atoms with Crippen molar-refractivity contribution in [1.82, 2.24) is 10.2 Å². The number of hydrogen-bond acceptors (Lipinski definition) is 5. The molecule has 3 aromatic carbocycles. The fourth-order valence-corrected chi connectivity index (χ4v) is 4.96. The first-order valence-electron chi connectivity index (χ1n) is 12.5. The van der Waals surface area contributed by atoms with E-state index in [2.05, 4.69) is 5.32 Å². The Bertz CT molecular complexity index is 1220. The second kappa shape index (κ2) is 14.5. The number of non-ortho nitro benzene ring substituents is 1. The molecular weight excluding hydrogens is 522 g/mol. The highest BCUT2D eigenvalue weighted by Crippen LogP contribution is 2.21. The van der Waals surface area contributed by atoms with E-state index in [-0.39, 0.29) is 35.8 Å². The Morgan fingerprint density at radius 1 is 1.00 bits per heavy atom. The fraction of sp³-hybridized carbons (Fsp3) is 0.310. The molecule has 0 heterocycles. The van der Waals surface area contributed by atoms with E-state index >= 15 is 0 Å². The number of thioether (sulfide) groups is 1. The van der Waals surface area contributed by atoms with Crippen molar-refractivity contribution in [3.05, 3.63) is 111 Å². The van der Waals surface area contributed by atoms with E-state index in [4.69, 9.17) is 11.6 Å². The summed E-state index contributed by atoms with van der Waals surface area (Å²) in [5.74, 6) is 0.299. The van der Waals surface area contributed by atoms with E-state index in [1.807, 2.05) is 56.3 Å². The van der Waals surface area contributed by atoms with Gasteiger partial charge in [-0.15, -0.1) is 11.8 Å². The Morgan fingerprint density at radius 2 is 1.68 bits per heavy atom. The molecule has 0 aliphatic carbocycles. The Labute approximate surface area is 232 Å². The van der Waals surface area contributed by atoms with Gasteiger partial charge in [0, 0.05) is 41.9 Å². The zero-order valence-electron chi connectivity index (χ0n) is 21.5. The maximum Gasteiger partial charge on any atom is 0.269 e. The molecular formula is C29H32ClN3O4S. The van der Waals surface area contributed by atoms with Crippen molar-refractivity contribution in [3.8, 4) is 0 Å². The Balaban J connectivity index is 1.83. The van der Waals surface area contributed by atoms with Crippen molar-refractivity contribution < 1.29 is 14.5 Å². The molecule has 0 aliphatic rings. The van der Waals surface area contributed by atoms with Crippen LogP contribution in [0, 0.1) is 10.1 Å². The van der Waals surface area contributed by atoms with Crippen LogP contribution in [0.25, 0.3) is 0 Å². The van der Waals surface area contributed by atoms with E-state index in [0.717, 1.165) is 23.1 Å². The second-order valence-electron chi connectivity index (χ2n) is 9.09. The third-order valence-electron chi connectivity index (χ3n) is 6.16. The molecule has 3 rings (SSSR count). The highest BCUT2D eigenvalue weighted by molar-refractivity contribution is 7.99. The quantitative estimate of drug-likeness (QED) is 0.206. The van der Waals surface area contributed by atoms with Crippen molar-refractivity contribution in [2.75, 3.05) is 5.75 Å². The van der Waals surface area contributed by atoms with Crippen LogP contribution in [0.3, 0.4) is 0 Å². The third-order valence-corrected chi connectivity index (χ3v) is 7.38. The molecule has 0 fully saturated rings. The summed E-state index contributed by atoms with van der Waals surface area (Å²) < 4.78 is 0. The molecule has 0 aromatic heterocycles. The van der Waals surface area contributed by atoms with Gasteiger partial charge in [0.2, 0.25) is 11.8 Å². The van der Waals surface area contributed by atoms with Gasteiger partial charge in [0.25, 0.3) is 5.69 Å². The van der Waals surface area contributed by atoms with Crippen LogP contribution in [0.4, 0.5) is 5.69 Å². The summed E-state index contributed by atoms with van der Waals surface area (Å²) in [6.07, 6.45) is 1.15. The minimum atomic E-state index is -0.710. The van der Waals surface area contributed by atoms with Crippen molar-refractivity contribution >= 4 is 40.9 Å². The normalized spacial score (nSPS) is 12.4. The van der Waals surface area contributed by atoms with Crippen LogP contribution < -0.4 is 5.32 Å². The standard InChI is InChI=1S/C29H32ClN3O4S/c1-3-21(2)31-29(35)27(17-22-8-5-4-6-9-22)32(18-24-10-7-11-25(30)16-24)28(34)20-38-19-23-12-14-26(15-13-23)33(36)37/h4-16,21,27H,3,17-20H2,1-2H3,(H,31,35)/t21-,27-/m1/s1. The summed E-state index contributed by atoms with van der Waals surface area (Å²) in [5.41, 5.74) is 2.70. The van der Waals surface area contributed by atoms with Crippen LogP contribution in [0.2, 0.25) is 5.02 Å². The number of carbonyl (C=O) groups excluding carboxylic acids is 2. The summed E-state index contributed by atoms with van der Waals surface area (Å²) in [6.45, 7) is 4.18. The van der Waals surface area contributed by atoms with Gasteiger partial charge in [-0.25, -0.2) is 0 Å². The maximum absolute atomic E-state index is 13.7. The molecule has 200 valence electrons. The number of hydrogen-bond donors (Lipinski definition) is 1. The Kier molecular flexibility index (Phi) is 11.2. The maximum atomic E-state index is 13.7. The van der Waals surface area contributed by atoms with Gasteiger partial charge in [0.1, 0.15) is 6.04 Å². The summed E-state index contributed by atoms with van der Waals surface area (Å²) in [6, 6.07) is 22.5. The lowest BCUT2D eigenvalue weighted by molar-refractivity contribution is -0.384. The van der Waals surface area contributed by atoms with E-state index in [1.165, 1.54) is 23.9 Å². The largest absolute Gasteiger partial charge is 0.352 e. The average molecular weight is 554 g/mol. The topological polar surface area (TPSA) is 92.6 Å². The van der Waals surface area contributed by atoms with Crippen LogP contribution >= 0.6 is 23.4 Å². The van der Waals surface area contributed by atoms with Crippen molar-refractivity contribution in [2.45, 2.75) is 51.1 Å². The summed E-state index contributed by atoms with van der Waals surface area (Å²) in [4.78, 5) is 39.3. The molecule has 2 atom stereocenters. The fourth-order valence-electron chi connectivity index (χ4n) is 3.88. The van der Waals surface area contributed by atoms with Crippen molar-refractivity contribution in [2.24, 2.45) is 0 Å². The van der Waals surface area contributed by atoms with Crippen LogP contribution in [0.5, 0.6) is 0 Å². The van der Waals surface area contributed by atoms with Crippen molar-refractivity contribution in [3.63, 3.8) is 0 Å². The number of nitro benzene ring substituents is 1. The number of halogens is 1. The highest BCUT2D eigenvalue weighted by atomic mass is 35.5. The molecule has 0 saturated heterocycles. The predicted molar refractivity (Wildman–Crippen MR) is 153 cm³/mol. The second-order valence-corrected chi connectivity index (χ2v) is 10.5. The number of carbonyl (C=O) groups is 2. The summed E-state index contributed by atoms with van der Waals surface area (Å²) in [7, 11) is 0. The Morgan fingerprint density at radius 3 is 2.32 bits per heavy atom. The molecule has 0 unspecified atom stereocenters. The number of nitro groups is 1. The van der Waals surface area contributed by atoms with Gasteiger partial charge in [-0.2, -0.15) is 0 Å². The molecule has 1 N–H and O–H groups in total. The highest BCUT2D eigenvalue weighted by Gasteiger charge is 2.31. The van der Waals surface area contributed by atoms with Gasteiger partial charge in [0.15, 0.2) is 0 Å². The molecule has 9 heteroatoms. The minimum Gasteiger partial charge on any atom is -0.352 e. The lowest BCUT2D eigenvalue weighted by Gasteiger charge is -2.32. The number of amides is 2. The van der Waals surface area contributed by atoms with Gasteiger partial charge in [-0.05, 0) is 42.2 Å². The van der Waals surface area contributed by atoms with Gasteiger partial charge >= 0.3 is 0 Å². The van der Waals surface area contributed by atoms with Gasteiger partial charge in [-0.3, -0.25) is 19.7 Å². The lowest BCUT2D eigenvalue weighted by Crippen LogP contribution is -2.52. The third kappa shape index (κ3) is 8.89. The molecule has 0 aliphatic heterocycles. The molecule has 2 amide bonds. The first kappa shape index (κ1) is 29.2. The molecule has 0 spiro atoms. The SMILES string of the molecule is CC[C@@H](C)NC(=O)[C@@H](Cc1ccccc1)N(Cc1cccc(Cl)c1)C(=O)CSCc1ccc([N+](=O)[O-])cc1. The van der Waals surface area contributed by atoms with Crippen LogP contribution in [-0.2, 0) is 28.3 Å². The van der Waals surface area contributed by atoms with Crippen LogP contribution in [-0.4, -0.2) is 39.5 Å². The number of benzene rings is 3. The van der Waals surface area contributed by atoms with Crippen molar-refractivity contribution in [1.29, 1.82) is 0 Å². The number of rotatable bonds is 13. The molecule has 7 nitrogen and oxygen atoms in total. The van der Waals surface area contributed by atoms with E-state index in [9.17, 15) is 19.7 Å².